The van der Waals surface area contributed by atoms with Crippen molar-refractivity contribution in [2.24, 2.45) is 5.73 Å². The summed E-state index contributed by atoms with van der Waals surface area (Å²) in [5.41, 5.74) is 7.01. The Morgan fingerprint density at radius 2 is 2.05 bits per heavy atom. The summed E-state index contributed by atoms with van der Waals surface area (Å²) in [7, 11) is 5.31. The van der Waals surface area contributed by atoms with Crippen molar-refractivity contribution >= 4 is 0 Å². The van der Waals surface area contributed by atoms with Crippen LogP contribution in [0.2, 0.25) is 0 Å². The molecule has 0 aliphatic carbocycles. The molecule has 1 atom stereocenters. The molecule has 0 spiro atoms. The monoisotopic (exact) mass is 290 g/mol. The molecular formula is C16H22N2O3. The van der Waals surface area contributed by atoms with Crippen LogP contribution in [0.1, 0.15) is 17.4 Å². The fraction of sp³-hybridized carbons (Fsp3) is 0.375. The van der Waals surface area contributed by atoms with Gasteiger partial charge in [-0.3, -0.25) is 4.90 Å². The van der Waals surface area contributed by atoms with Gasteiger partial charge in [0.05, 0.1) is 33.1 Å². The molecule has 1 aromatic carbocycles. The second kappa shape index (κ2) is 7.15. The zero-order chi connectivity index (χ0) is 15.2. The first kappa shape index (κ1) is 15.4. The van der Waals surface area contributed by atoms with E-state index in [0.29, 0.717) is 13.1 Å². The molecule has 5 heteroatoms. The molecule has 5 nitrogen and oxygen atoms in total. The number of nitrogens with zero attached hydrogens (tertiary/aromatic N) is 1. The van der Waals surface area contributed by atoms with Gasteiger partial charge in [0.1, 0.15) is 17.3 Å². The number of likely N-dealkylation sites (N-methyl/N-ethyl adjacent to an activating group) is 1. The van der Waals surface area contributed by atoms with Crippen LogP contribution in [0.25, 0.3) is 0 Å². The fourth-order valence-corrected chi connectivity index (χ4v) is 2.40. The summed E-state index contributed by atoms with van der Waals surface area (Å²) in [5, 5.41) is 0. The summed E-state index contributed by atoms with van der Waals surface area (Å²) in [6, 6.07) is 9.66. The molecule has 2 rings (SSSR count). The third kappa shape index (κ3) is 3.56. The molecule has 0 saturated heterocycles. The minimum absolute atomic E-state index is 0.0379. The molecule has 0 radical (unpaired) electrons. The maximum absolute atomic E-state index is 5.97. The third-order valence-electron chi connectivity index (χ3n) is 3.54. The standard InChI is InChI=1S/C16H22N2O3/c1-18(11-13-5-4-8-21-13)15(10-17)14-7-6-12(19-2)9-16(14)20-3/h4-9,15H,10-11,17H2,1-3H3. The molecule has 0 aliphatic heterocycles. The van der Waals surface area contributed by atoms with E-state index in [4.69, 9.17) is 19.6 Å². The predicted octanol–water partition coefficient (Wildman–Crippen LogP) is 2.43. The number of hydrogen-bond acceptors (Lipinski definition) is 5. The van der Waals surface area contributed by atoms with Crippen LogP contribution in [0.3, 0.4) is 0 Å². The van der Waals surface area contributed by atoms with Crippen LogP contribution in [-0.2, 0) is 6.54 Å². The van der Waals surface area contributed by atoms with Gasteiger partial charge >= 0.3 is 0 Å². The van der Waals surface area contributed by atoms with Crippen LogP contribution in [0, 0.1) is 0 Å². The molecular weight excluding hydrogens is 268 g/mol. The summed E-state index contributed by atoms with van der Waals surface area (Å²) in [5.74, 6) is 2.44. The zero-order valence-electron chi connectivity index (χ0n) is 12.7. The Labute approximate surface area is 125 Å². The zero-order valence-corrected chi connectivity index (χ0v) is 12.7. The van der Waals surface area contributed by atoms with Gasteiger partial charge in [-0.25, -0.2) is 0 Å². The molecule has 1 unspecified atom stereocenters. The van der Waals surface area contributed by atoms with Crippen molar-refractivity contribution in [3.8, 4) is 11.5 Å². The summed E-state index contributed by atoms with van der Waals surface area (Å²) in [6.07, 6.45) is 1.68. The van der Waals surface area contributed by atoms with E-state index in [2.05, 4.69) is 4.90 Å². The molecule has 0 aliphatic rings. The third-order valence-corrected chi connectivity index (χ3v) is 3.54. The number of benzene rings is 1. The van der Waals surface area contributed by atoms with Crippen LogP contribution in [-0.4, -0.2) is 32.7 Å². The second-order valence-corrected chi connectivity index (χ2v) is 4.85. The van der Waals surface area contributed by atoms with Crippen LogP contribution in [0.15, 0.2) is 41.0 Å². The van der Waals surface area contributed by atoms with Gasteiger partial charge in [0.2, 0.25) is 0 Å². The topological polar surface area (TPSA) is 60.9 Å². The summed E-state index contributed by atoms with van der Waals surface area (Å²) in [4.78, 5) is 2.14. The average molecular weight is 290 g/mol. The molecule has 2 aromatic rings. The maximum atomic E-state index is 5.97. The van der Waals surface area contributed by atoms with Gasteiger partial charge in [-0.15, -0.1) is 0 Å². The maximum Gasteiger partial charge on any atom is 0.127 e. The first-order valence-electron chi connectivity index (χ1n) is 6.84. The van der Waals surface area contributed by atoms with E-state index < -0.39 is 0 Å². The first-order chi connectivity index (χ1) is 10.2. The Morgan fingerprint density at radius 1 is 1.24 bits per heavy atom. The smallest absolute Gasteiger partial charge is 0.127 e. The highest BCUT2D eigenvalue weighted by Crippen LogP contribution is 2.32. The number of furan rings is 1. The van der Waals surface area contributed by atoms with E-state index in [9.17, 15) is 0 Å². The minimum atomic E-state index is 0.0379. The van der Waals surface area contributed by atoms with E-state index in [1.165, 1.54) is 0 Å². The number of ether oxygens (including phenoxy) is 2. The lowest BCUT2D eigenvalue weighted by Gasteiger charge is -2.28. The van der Waals surface area contributed by atoms with Gasteiger partial charge in [-0.1, -0.05) is 6.07 Å². The van der Waals surface area contributed by atoms with Crippen molar-refractivity contribution in [2.45, 2.75) is 12.6 Å². The van der Waals surface area contributed by atoms with E-state index in [1.807, 2.05) is 37.4 Å². The predicted molar refractivity (Wildman–Crippen MR) is 81.5 cm³/mol. The van der Waals surface area contributed by atoms with Crippen LogP contribution < -0.4 is 15.2 Å². The average Bonchev–Trinajstić information content (AvgIpc) is 3.01. The fourth-order valence-electron chi connectivity index (χ4n) is 2.40. The van der Waals surface area contributed by atoms with E-state index in [1.54, 1.807) is 20.5 Å². The highest BCUT2D eigenvalue weighted by atomic mass is 16.5. The van der Waals surface area contributed by atoms with Crippen molar-refractivity contribution in [3.63, 3.8) is 0 Å². The largest absolute Gasteiger partial charge is 0.497 e. The van der Waals surface area contributed by atoms with Crippen LogP contribution in [0.4, 0.5) is 0 Å². The summed E-state index contributed by atoms with van der Waals surface area (Å²) in [6.45, 7) is 1.17. The Morgan fingerprint density at radius 3 is 2.62 bits per heavy atom. The molecule has 2 N–H and O–H groups in total. The van der Waals surface area contributed by atoms with Gasteiger partial charge in [0.15, 0.2) is 0 Å². The lowest BCUT2D eigenvalue weighted by molar-refractivity contribution is 0.218. The number of rotatable bonds is 7. The molecule has 114 valence electrons. The molecule has 1 heterocycles. The molecule has 0 saturated carbocycles. The molecule has 0 bridgehead atoms. The van der Waals surface area contributed by atoms with E-state index >= 15 is 0 Å². The SMILES string of the molecule is COc1ccc(C(CN)N(C)Cc2ccco2)c(OC)c1. The van der Waals surface area contributed by atoms with Gasteiger partial charge in [-0.2, -0.15) is 0 Å². The number of nitrogens with two attached hydrogens (primary N) is 1. The molecule has 21 heavy (non-hydrogen) atoms. The van der Waals surface area contributed by atoms with Crippen molar-refractivity contribution < 1.29 is 13.9 Å². The Balaban J connectivity index is 2.23. The Bertz CT molecular complexity index is 555. The Kier molecular flexibility index (Phi) is 5.25. The minimum Gasteiger partial charge on any atom is -0.497 e. The lowest BCUT2D eigenvalue weighted by Crippen LogP contribution is -2.30. The van der Waals surface area contributed by atoms with Crippen molar-refractivity contribution in [1.29, 1.82) is 0 Å². The number of methoxy groups -OCH3 is 2. The quantitative estimate of drug-likeness (QED) is 0.848. The highest BCUT2D eigenvalue weighted by Gasteiger charge is 2.20. The van der Waals surface area contributed by atoms with Crippen LogP contribution in [0.5, 0.6) is 11.5 Å². The summed E-state index contributed by atoms with van der Waals surface area (Å²) < 4.78 is 16.1. The van der Waals surface area contributed by atoms with Gasteiger partial charge in [-0.05, 0) is 25.2 Å². The van der Waals surface area contributed by atoms with E-state index in [0.717, 1.165) is 22.8 Å². The second-order valence-electron chi connectivity index (χ2n) is 4.85. The lowest BCUT2D eigenvalue weighted by atomic mass is 10.0. The highest BCUT2D eigenvalue weighted by molar-refractivity contribution is 5.42. The van der Waals surface area contributed by atoms with Gasteiger partial charge in [0, 0.05) is 18.2 Å². The Hall–Kier alpha value is -1.98. The van der Waals surface area contributed by atoms with Crippen LogP contribution >= 0.6 is 0 Å². The molecule has 1 aromatic heterocycles. The molecule has 0 amide bonds. The summed E-state index contributed by atoms with van der Waals surface area (Å²) >= 11 is 0. The number of hydrogen-bond donors (Lipinski definition) is 1. The van der Waals surface area contributed by atoms with Crippen molar-refractivity contribution in [2.75, 3.05) is 27.8 Å². The normalized spacial score (nSPS) is 12.4. The molecule has 0 fully saturated rings. The van der Waals surface area contributed by atoms with Crippen molar-refractivity contribution in [1.82, 2.24) is 4.90 Å². The van der Waals surface area contributed by atoms with Gasteiger partial charge < -0.3 is 19.6 Å². The van der Waals surface area contributed by atoms with Gasteiger partial charge in [0.25, 0.3) is 0 Å². The van der Waals surface area contributed by atoms with Crippen molar-refractivity contribution in [3.05, 3.63) is 47.9 Å². The van der Waals surface area contributed by atoms with E-state index in [-0.39, 0.29) is 6.04 Å². The first-order valence-corrected chi connectivity index (χ1v) is 6.84.